The molecular weight excluding hydrogens is 348 g/mol. The predicted octanol–water partition coefficient (Wildman–Crippen LogP) is 0.961. The van der Waals surface area contributed by atoms with Crippen molar-refractivity contribution in [2.45, 2.75) is 45.3 Å². The van der Waals surface area contributed by atoms with Gasteiger partial charge in [0.1, 0.15) is 5.82 Å². The molecule has 0 saturated heterocycles. The Labute approximate surface area is 157 Å². The van der Waals surface area contributed by atoms with Crippen LogP contribution in [0.1, 0.15) is 41.5 Å². The fraction of sp³-hybridized carbons (Fsp3) is 0.474. The van der Waals surface area contributed by atoms with Crippen LogP contribution in [0.5, 0.6) is 5.88 Å². The minimum atomic E-state index is -0.341. The fourth-order valence-electron chi connectivity index (χ4n) is 3.42. The van der Waals surface area contributed by atoms with E-state index in [1.54, 1.807) is 33.2 Å². The lowest BCUT2D eigenvalue weighted by atomic mass is 9.75. The topological polar surface area (TPSA) is 117 Å². The molecule has 2 aromatic heterocycles. The minimum Gasteiger partial charge on any atom is -0.481 e. The molecule has 1 saturated carbocycles. The lowest BCUT2D eigenvalue weighted by molar-refractivity contribution is -0.122. The van der Waals surface area contributed by atoms with E-state index in [0.717, 1.165) is 5.56 Å². The molecule has 1 aliphatic carbocycles. The maximum absolute atomic E-state index is 12.6. The number of carbonyl (C=O) groups excluding carboxylic acids is 1. The fourth-order valence-corrected chi connectivity index (χ4v) is 3.42. The molecule has 0 bridgehead atoms. The van der Waals surface area contributed by atoms with Gasteiger partial charge in [0, 0.05) is 23.5 Å². The van der Waals surface area contributed by atoms with Gasteiger partial charge in [0.2, 0.25) is 11.8 Å². The summed E-state index contributed by atoms with van der Waals surface area (Å²) in [6.45, 7) is 3.42. The molecule has 1 fully saturated rings. The molecule has 0 unspecified atom stereocenters. The predicted molar refractivity (Wildman–Crippen MR) is 98.4 cm³/mol. The van der Waals surface area contributed by atoms with Gasteiger partial charge in [0.15, 0.2) is 0 Å². The molecule has 1 aliphatic rings. The molecule has 8 heteroatoms. The highest BCUT2D eigenvalue weighted by atomic mass is 16.5. The number of amides is 1. The molecule has 0 aromatic carbocycles. The van der Waals surface area contributed by atoms with Crippen molar-refractivity contribution in [1.82, 2.24) is 20.3 Å². The first kappa shape index (κ1) is 19.0. The Morgan fingerprint density at radius 3 is 2.70 bits per heavy atom. The number of aromatic nitrogens is 3. The molecule has 27 heavy (non-hydrogen) atoms. The van der Waals surface area contributed by atoms with Crippen LogP contribution >= 0.6 is 0 Å². The van der Waals surface area contributed by atoms with Gasteiger partial charge >= 0.3 is 0 Å². The summed E-state index contributed by atoms with van der Waals surface area (Å²) < 4.78 is 5.08. The molecule has 3 N–H and O–H groups in total. The quantitative estimate of drug-likeness (QED) is 0.695. The SMILES string of the molecule is COc1ccc([C@H](NC(=O)Cc2c(C)nc(C)[nH]c2=O)C2CC(O)C2)cn1. The summed E-state index contributed by atoms with van der Waals surface area (Å²) in [6.07, 6.45) is 2.50. The van der Waals surface area contributed by atoms with E-state index in [4.69, 9.17) is 4.74 Å². The van der Waals surface area contributed by atoms with Gasteiger partial charge in [-0.25, -0.2) is 9.97 Å². The average molecular weight is 372 g/mol. The van der Waals surface area contributed by atoms with Gasteiger partial charge in [-0.3, -0.25) is 9.59 Å². The highest BCUT2D eigenvalue weighted by Crippen LogP contribution is 2.38. The molecule has 3 rings (SSSR count). The van der Waals surface area contributed by atoms with E-state index >= 15 is 0 Å². The Balaban J connectivity index is 1.77. The first-order chi connectivity index (χ1) is 12.9. The smallest absolute Gasteiger partial charge is 0.254 e. The molecule has 0 radical (unpaired) electrons. The molecule has 144 valence electrons. The van der Waals surface area contributed by atoms with Crippen molar-refractivity contribution in [3.05, 3.63) is 51.3 Å². The Hall–Kier alpha value is -2.74. The summed E-state index contributed by atoms with van der Waals surface area (Å²) in [7, 11) is 1.54. The van der Waals surface area contributed by atoms with Crippen LogP contribution in [0, 0.1) is 19.8 Å². The van der Waals surface area contributed by atoms with Gasteiger partial charge in [-0.05, 0) is 38.2 Å². The van der Waals surface area contributed by atoms with Gasteiger partial charge < -0.3 is 20.1 Å². The van der Waals surface area contributed by atoms with Crippen molar-refractivity contribution in [3.63, 3.8) is 0 Å². The van der Waals surface area contributed by atoms with Crippen LogP contribution in [0.2, 0.25) is 0 Å². The van der Waals surface area contributed by atoms with Gasteiger partial charge in [-0.2, -0.15) is 0 Å². The molecule has 1 atom stereocenters. The summed E-state index contributed by atoms with van der Waals surface area (Å²) in [5.41, 5.74) is 1.46. The zero-order valence-electron chi connectivity index (χ0n) is 15.7. The van der Waals surface area contributed by atoms with Crippen LogP contribution in [-0.4, -0.2) is 39.2 Å². The lowest BCUT2D eigenvalue weighted by Gasteiger charge is -2.38. The first-order valence-electron chi connectivity index (χ1n) is 8.91. The van der Waals surface area contributed by atoms with E-state index in [2.05, 4.69) is 20.3 Å². The number of nitrogens with zero attached hydrogens (tertiary/aromatic N) is 2. The maximum Gasteiger partial charge on any atom is 0.254 e. The summed E-state index contributed by atoms with van der Waals surface area (Å²) in [4.78, 5) is 35.8. The second-order valence-corrected chi connectivity index (χ2v) is 6.96. The van der Waals surface area contributed by atoms with E-state index in [1.807, 2.05) is 6.07 Å². The number of aliphatic hydroxyl groups excluding tert-OH is 1. The van der Waals surface area contributed by atoms with Crippen LogP contribution in [0.3, 0.4) is 0 Å². The third-order valence-corrected chi connectivity index (χ3v) is 4.94. The molecule has 2 aromatic rings. The van der Waals surface area contributed by atoms with E-state index in [0.29, 0.717) is 35.8 Å². The Morgan fingerprint density at radius 1 is 1.41 bits per heavy atom. The number of rotatable bonds is 6. The normalized spacial score (nSPS) is 19.9. The number of pyridine rings is 1. The number of hydrogen-bond donors (Lipinski definition) is 3. The Kier molecular flexibility index (Phi) is 5.55. The van der Waals surface area contributed by atoms with Crippen molar-refractivity contribution in [2.24, 2.45) is 5.92 Å². The number of ether oxygens (including phenoxy) is 1. The highest BCUT2D eigenvalue weighted by Gasteiger charge is 2.36. The van der Waals surface area contributed by atoms with Crippen LogP contribution in [0.15, 0.2) is 23.1 Å². The average Bonchev–Trinajstić information content (AvgIpc) is 2.60. The molecule has 2 heterocycles. The number of hydrogen-bond acceptors (Lipinski definition) is 6. The van der Waals surface area contributed by atoms with Crippen molar-refractivity contribution in [1.29, 1.82) is 0 Å². The molecule has 1 amide bonds. The zero-order chi connectivity index (χ0) is 19.6. The van der Waals surface area contributed by atoms with Gasteiger partial charge in [0.25, 0.3) is 5.56 Å². The molecule has 0 spiro atoms. The van der Waals surface area contributed by atoms with Gasteiger partial charge in [-0.1, -0.05) is 6.07 Å². The first-order valence-corrected chi connectivity index (χ1v) is 8.91. The number of aryl methyl sites for hydroxylation is 2. The van der Waals surface area contributed by atoms with E-state index in [-0.39, 0.29) is 36.0 Å². The van der Waals surface area contributed by atoms with E-state index in [1.165, 1.54) is 0 Å². The summed E-state index contributed by atoms with van der Waals surface area (Å²) in [6, 6.07) is 3.31. The third-order valence-electron chi connectivity index (χ3n) is 4.94. The monoisotopic (exact) mass is 372 g/mol. The zero-order valence-corrected chi connectivity index (χ0v) is 15.7. The number of nitrogens with one attached hydrogen (secondary N) is 2. The number of aromatic amines is 1. The Bertz CT molecular complexity index is 872. The number of aliphatic hydroxyl groups is 1. The van der Waals surface area contributed by atoms with Crippen LogP contribution < -0.4 is 15.6 Å². The van der Waals surface area contributed by atoms with Crippen LogP contribution in [0.4, 0.5) is 0 Å². The second-order valence-electron chi connectivity index (χ2n) is 6.96. The van der Waals surface area contributed by atoms with Crippen molar-refractivity contribution in [2.75, 3.05) is 7.11 Å². The molecule has 8 nitrogen and oxygen atoms in total. The van der Waals surface area contributed by atoms with Gasteiger partial charge in [0.05, 0.1) is 25.7 Å². The lowest BCUT2D eigenvalue weighted by Crippen LogP contribution is -2.42. The van der Waals surface area contributed by atoms with Crippen molar-refractivity contribution >= 4 is 5.91 Å². The number of methoxy groups -OCH3 is 1. The minimum absolute atomic E-state index is 0.0518. The standard InChI is InChI=1S/C19H24N4O4/c1-10-15(19(26)22-11(2)21-10)8-16(25)23-18(13-6-14(24)7-13)12-4-5-17(27-3)20-9-12/h4-5,9,13-14,18,24H,6-8H2,1-3H3,(H,23,25)(H,21,22,26)/t13?,14?,18-/m0/s1. The Morgan fingerprint density at radius 2 is 2.15 bits per heavy atom. The number of carbonyl (C=O) groups is 1. The maximum atomic E-state index is 12.6. The summed E-state index contributed by atoms with van der Waals surface area (Å²) in [5, 5.41) is 12.7. The summed E-state index contributed by atoms with van der Waals surface area (Å²) >= 11 is 0. The highest BCUT2D eigenvalue weighted by molar-refractivity contribution is 5.79. The largest absolute Gasteiger partial charge is 0.481 e. The summed E-state index contributed by atoms with van der Waals surface area (Å²) in [5.74, 6) is 0.865. The van der Waals surface area contributed by atoms with Crippen molar-refractivity contribution in [3.8, 4) is 5.88 Å². The second kappa shape index (κ2) is 7.87. The van der Waals surface area contributed by atoms with Crippen LogP contribution in [-0.2, 0) is 11.2 Å². The third kappa shape index (κ3) is 4.33. The van der Waals surface area contributed by atoms with Gasteiger partial charge in [-0.15, -0.1) is 0 Å². The van der Waals surface area contributed by atoms with Crippen molar-refractivity contribution < 1.29 is 14.6 Å². The number of H-pyrrole nitrogens is 1. The van der Waals surface area contributed by atoms with E-state index in [9.17, 15) is 14.7 Å². The molecular formula is C19H24N4O4. The van der Waals surface area contributed by atoms with E-state index < -0.39 is 0 Å². The van der Waals surface area contributed by atoms with Crippen LogP contribution in [0.25, 0.3) is 0 Å². The molecule has 0 aliphatic heterocycles.